The Balaban J connectivity index is 1.38. The fourth-order valence-corrected chi connectivity index (χ4v) is 8.49. The van der Waals surface area contributed by atoms with Crippen molar-refractivity contribution in [2.45, 2.75) is 46.5 Å². The SMILES string of the molecule is C=CC/C=C\C(=C/C)c1nc(C(/C=C\C)=C/C)nc(-n2c3ccc(-c4nc5ccccc5c5ccccc45)cc3c3cc4c(cc32)C(C)(C)c2ccccc2-4)n1. The molecule has 0 spiro atoms. The Hall–Kier alpha value is -6.72. The molecule has 0 saturated heterocycles. The van der Waals surface area contributed by atoms with E-state index in [0.717, 1.165) is 66.9 Å². The molecule has 56 heavy (non-hydrogen) atoms. The first-order valence-corrected chi connectivity index (χ1v) is 19.4. The lowest BCUT2D eigenvalue weighted by Gasteiger charge is -2.21. The van der Waals surface area contributed by atoms with Crippen LogP contribution in [0.1, 0.15) is 63.8 Å². The maximum atomic E-state index is 5.29. The van der Waals surface area contributed by atoms with E-state index in [1.807, 2.05) is 32.9 Å². The van der Waals surface area contributed by atoms with Gasteiger partial charge in [0.05, 0.1) is 22.2 Å². The molecule has 0 aliphatic heterocycles. The second-order valence-electron chi connectivity index (χ2n) is 14.9. The van der Waals surface area contributed by atoms with Gasteiger partial charge in [0.25, 0.3) is 0 Å². The smallest absolute Gasteiger partial charge is 0.238 e. The van der Waals surface area contributed by atoms with Crippen molar-refractivity contribution in [2.24, 2.45) is 0 Å². The van der Waals surface area contributed by atoms with Crippen LogP contribution in [0.4, 0.5) is 0 Å². The molecular formula is C51H43N5. The molecule has 5 aromatic carbocycles. The Morgan fingerprint density at radius 1 is 0.625 bits per heavy atom. The number of fused-ring (bicyclic) bond motifs is 9. The topological polar surface area (TPSA) is 56.5 Å². The standard InChI is InChI=1S/C51H43N5/c1-7-11-12-20-33(10-4)49-53-48(32(9-3)19-8-2)54-50(55-49)56-45-28-27-34(47-38-24-14-13-21-35(38)37-23-16-18-26-44(37)52-47)29-40(45)41-30-39-36-22-15-17-25-42(36)51(5,6)43(39)31-46(41)56/h7-10,12-31H,1,11H2,2-6H3/b19-8-,20-12-,32-9+,33-10+. The van der Waals surface area contributed by atoms with Crippen molar-refractivity contribution in [3.05, 3.63) is 175 Å². The molecule has 0 saturated carbocycles. The first kappa shape index (κ1) is 35.0. The Labute approximate surface area is 327 Å². The molecule has 0 amide bonds. The molecule has 0 unspecified atom stereocenters. The highest BCUT2D eigenvalue weighted by molar-refractivity contribution is 6.15. The molecular weight excluding hydrogens is 683 g/mol. The summed E-state index contributed by atoms with van der Waals surface area (Å²) in [5.74, 6) is 1.80. The van der Waals surface area contributed by atoms with Gasteiger partial charge in [-0.2, -0.15) is 9.97 Å². The molecule has 0 radical (unpaired) electrons. The van der Waals surface area contributed by atoms with E-state index in [1.165, 1.54) is 27.6 Å². The zero-order valence-corrected chi connectivity index (χ0v) is 32.5. The number of para-hydroxylation sites is 1. The maximum Gasteiger partial charge on any atom is 0.238 e. The minimum absolute atomic E-state index is 0.186. The number of hydrogen-bond acceptors (Lipinski definition) is 4. The van der Waals surface area contributed by atoms with E-state index in [9.17, 15) is 0 Å². The summed E-state index contributed by atoms with van der Waals surface area (Å²) in [5.41, 5.74) is 11.9. The molecule has 5 nitrogen and oxygen atoms in total. The summed E-state index contributed by atoms with van der Waals surface area (Å²) in [6, 6.07) is 37.3. The highest BCUT2D eigenvalue weighted by Crippen LogP contribution is 2.51. The van der Waals surface area contributed by atoms with Gasteiger partial charge in [-0.15, -0.1) is 6.58 Å². The Morgan fingerprint density at radius 2 is 1.30 bits per heavy atom. The van der Waals surface area contributed by atoms with Crippen LogP contribution < -0.4 is 0 Å². The Bertz CT molecular complexity index is 3020. The van der Waals surface area contributed by atoms with Crippen LogP contribution in [-0.2, 0) is 5.41 Å². The first-order valence-electron chi connectivity index (χ1n) is 19.4. The van der Waals surface area contributed by atoms with Crippen molar-refractivity contribution in [1.29, 1.82) is 0 Å². The van der Waals surface area contributed by atoms with E-state index in [0.29, 0.717) is 17.6 Å². The molecule has 0 atom stereocenters. The maximum absolute atomic E-state index is 5.29. The lowest BCUT2D eigenvalue weighted by atomic mass is 9.82. The molecule has 3 heterocycles. The van der Waals surface area contributed by atoms with Gasteiger partial charge in [0, 0.05) is 43.7 Å². The molecule has 9 rings (SSSR count). The van der Waals surface area contributed by atoms with E-state index in [4.69, 9.17) is 19.9 Å². The van der Waals surface area contributed by atoms with Crippen LogP contribution in [0.2, 0.25) is 0 Å². The minimum atomic E-state index is -0.186. The molecule has 272 valence electrons. The number of pyridine rings is 1. The fraction of sp³-hybridized carbons (Fsp3) is 0.137. The van der Waals surface area contributed by atoms with Crippen molar-refractivity contribution in [1.82, 2.24) is 24.5 Å². The van der Waals surface area contributed by atoms with Crippen LogP contribution >= 0.6 is 0 Å². The summed E-state index contributed by atoms with van der Waals surface area (Å²) in [4.78, 5) is 20.8. The third-order valence-corrected chi connectivity index (χ3v) is 11.3. The van der Waals surface area contributed by atoms with Gasteiger partial charge in [-0.3, -0.25) is 4.57 Å². The van der Waals surface area contributed by atoms with Gasteiger partial charge < -0.3 is 0 Å². The molecule has 8 aromatic rings. The second-order valence-corrected chi connectivity index (χ2v) is 14.9. The zero-order chi connectivity index (χ0) is 38.6. The molecule has 5 heteroatoms. The molecule has 3 aromatic heterocycles. The molecule has 1 aliphatic rings. The van der Waals surface area contributed by atoms with Gasteiger partial charge in [-0.25, -0.2) is 9.97 Å². The summed E-state index contributed by atoms with van der Waals surface area (Å²) >= 11 is 0. The molecule has 0 N–H and O–H groups in total. The predicted octanol–water partition coefficient (Wildman–Crippen LogP) is 13.2. The van der Waals surface area contributed by atoms with E-state index < -0.39 is 0 Å². The Kier molecular flexibility index (Phi) is 8.66. The number of nitrogens with zero attached hydrogens (tertiary/aromatic N) is 5. The van der Waals surface area contributed by atoms with Gasteiger partial charge in [0.2, 0.25) is 5.95 Å². The average molecular weight is 726 g/mol. The Morgan fingerprint density at radius 3 is 2.05 bits per heavy atom. The summed E-state index contributed by atoms with van der Waals surface area (Å²) in [7, 11) is 0. The van der Waals surface area contributed by atoms with Crippen LogP contribution in [0.5, 0.6) is 0 Å². The van der Waals surface area contributed by atoms with Gasteiger partial charge in [-0.1, -0.05) is 129 Å². The quantitative estimate of drug-likeness (QED) is 0.0889. The molecule has 1 aliphatic carbocycles. The van der Waals surface area contributed by atoms with Gasteiger partial charge in [0.1, 0.15) is 0 Å². The van der Waals surface area contributed by atoms with Crippen LogP contribution in [0, 0.1) is 0 Å². The lowest BCUT2D eigenvalue weighted by molar-refractivity contribution is 0.661. The third-order valence-electron chi connectivity index (χ3n) is 11.3. The summed E-state index contributed by atoms with van der Waals surface area (Å²) in [6.45, 7) is 14.6. The van der Waals surface area contributed by atoms with E-state index in [-0.39, 0.29) is 5.41 Å². The lowest BCUT2D eigenvalue weighted by Crippen LogP contribution is -2.15. The van der Waals surface area contributed by atoms with Crippen LogP contribution in [0.3, 0.4) is 0 Å². The zero-order valence-electron chi connectivity index (χ0n) is 32.5. The molecule has 0 fully saturated rings. The van der Waals surface area contributed by atoms with Crippen LogP contribution in [0.15, 0.2) is 152 Å². The van der Waals surface area contributed by atoms with Crippen molar-refractivity contribution in [3.63, 3.8) is 0 Å². The number of hydrogen-bond donors (Lipinski definition) is 0. The minimum Gasteiger partial charge on any atom is -0.278 e. The monoisotopic (exact) mass is 725 g/mol. The first-order chi connectivity index (χ1) is 27.4. The van der Waals surface area contributed by atoms with Crippen molar-refractivity contribution >= 4 is 54.6 Å². The van der Waals surface area contributed by atoms with E-state index in [1.54, 1.807) is 0 Å². The number of rotatable bonds is 8. The number of aromatic nitrogens is 5. The average Bonchev–Trinajstić information content (AvgIpc) is 3.67. The van der Waals surface area contributed by atoms with Crippen LogP contribution in [0.25, 0.3) is 83.0 Å². The highest BCUT2D eigenvalue weighted by Gasteiger charge is 2.36. The summed E-state index contributed by atoms with van der Waals surface area (Å²) in [6.07, 6.45) is 15.0. The van der Waals surface area contributed by atoms with Crippen molar-refractivity contribution < 1.29 is 0 Å². The largest absolute Gasteiger partial charge is 0.278 e. The number of benzene rings is 5. The van der Waals surface area contributed by atoms with Gasteiger partial charge in [0.15, 0.2) is 11.6 Å². The second kappa shape index (κ2) is 13.8. The van der Waals surface area contributed by atoms with Gasteiger partial charge in [-0.05, 0) is 85.2 Å². The normalized spacial score (nSPS) is 14.2. The highest BCUT2D eigenvalue weighted by atomic mass is 15.2. The van der Waals surface area contributed by atoms with Gasteiger partial charge >= 0.3 is 0 Å². The van der Waals surface area contributed by atoms with E-state index in [2.05, 4.69) is 159 Å². The third kappa shape index (κ3) is 5.53. The summed E-state index contributed by atoms with van der Waals surface area (Å²) in [5, 5.41) is 5.73. The van der Waals surface area contributed by atoms with E-state index >= 15 is 0 Å². The molecule has 0 bridgehead atoms. The predicted molar refractivity (Wildman–Crippen MR) is 236 cm³/mol. The number of allylic oxidation sites excluding steroid dienone is 9. The summed E-state index contributed by atoms with van der Waals surface area (Å²) < 4.78 is 2.23. The van der Waals surface area contributed by atoms with Crippen molar-refractivity contribution in [3.8, 4) is 28.3 Å². The fourth-order valence-electron chi connectivity index (χ4n) is 8.49. The van der Waals surface area contributed by atoms with Crippen LogP contribution in [-0.4, -0.2) is 24.5 Å². The van der Waals surface area contributed by atoms with Crippen molar-refractivity contribution in [2.75, 3.05) is 0 Å².